The third-order valence-electron chi connectivity index (χ3n) is 3.69. The molecule has 2 atom stereocenters. The molecule has 0 bridgehead atoms. The number of amides is 1. The van der Waals surface area contributed by atoms with Crippen LogP contribution in [0.5, 0.6) is 0 Å². The first-order chi connectivity index (χ1) is 9.94. The van der Waals surface area contributed by atoms with E-state index >= 15 is 0 Å². The summed E-state index contributed by atoms with van der Waals surface area (Å²) in [5.41, 5.74) is 0. The number of nitrogens with one attached hydrogen (secondary N) is 2. The van der Waals surface area contributed by atoms with Gasteiger partial charge in [0.15, 0.2) is 5.82 Å². The maximum Gasteiger partial charge on any atom is 0.262 e. The lowest BCUT2D eigenvalue weighted by atomic mass is 10.1. The Morgan fingerprint density at radius 2 is 2.33 bits per heavy atom. The van der Waals surface area contributed by atoms with Gasteiger partial charge in [0.2, 0.25) is 5.91 Å². The highest BCUT2D eigenvalue weighted by Gasteiger charge is 2.44. The summed E-state index contributed by atoms with van der Waals surface area (Å²) in [5.74, 6) is -1.98. The standard InChI is InChI=1S/C12H17F2N5O2/c1-7-16-10(18-17-7)9-5-19(2-3-21-9)11(20)8-4-12(13,14)6-15-8/h8-9,15H,2-6H2,1H3,(H,16,17,18). The molecule has 1 aromatic heterocycles. The number of rotatable bonds is 2. The van der Waals surface area contributed by atoms with Crippen LogP contribution in [0.25, 0.3) is 0 Å². The Morgan fingerprint density at radius 1 is 1.52 bits per heavy atom. The topological polar surface area (TPSA) is 83.1 Å². The average Bonchev–Trinajstić information content (AvgIpc) is 3.04. The van der Waals surface area contributed by atoms with E-state index in [2.05, 4.69) is 20.5 Å². The number of H-pyrrole nitrogens is 1. The van der Waals surface area contributed by atoms with E-state index in [0.29, 0.717) is 24.8 Å². The molecule has 2 fully saturated rings. The summed E-state index contributed by atoms with van der Waals surface area (Å²) in [5, 5.41) is 9.32. The third kappa shape index (κ3) is 3.03. The number of ether oxygens (including phenoxy) is 1. The van der Waals surface area contributed by atoms with Crippen LogP contribution >= 0.6 is 0 Å². The molecule has 2 N–H and O–H groups in total. The highest BCUT2D eigenvalue weighted by Crippen LogP contribution is 2.27. The minimum atomic E-state index is -2.81. The first-order valence-electron chi connectivity index (χ1n) is 6.85. The molecule has 2 saturated heterocycles. The number of nitrogens with zero attached hydrogens (tertiary/aromatic N) is 3. The van der Waals surface area contributed by atoms with Crippen LogP contribution < -0.4 is 5.32 Å². The molecule has 2 unspecified atom stereocenters. The molecule has 2 aliphatic rings. The van der Waals surface area contributed by atoms with E-state index in [0.717, 1.165) is 0 Å². The van der Waals surface area contributed by atoms with Crippen LogP contribution in [0, 0.1) is 6.92 Å². The van der Waals surface area contributed by atoms with Crippen LogP contribution in [0.3, 0.4) is 0 Å². The van der Waals surface area contributed by atoms with Gasteiger partial charge in [-0.2, -0.15) is 5.10 Å². The van der Waals surface area contributed by atoms with Crippen molar-refractivity contribution in [2.45, 2.75) is 31.4 Å². The molecule has 116 valence electrons. The van der Waals surface area contributed by atoms with Crippen molar-refractivity contribution >= 4 is 5.91 Å². The van der Waals surface area contributed by atoms with Crippen molar-refractivity contribution in [1.29, 1.82) is 0 Å². The summed E-state index contributed by atoms with van der Waals surface area (Å²) in [7, 11) is 0. The number of morpholine rings is 1. The van der Waals surface area contributed by atoms with Gasteiger partial charge in [0.05, 0.1) is 25.7 Å². The van der Waals surface area contributed by atoms with E-state index in [9.17, 15) is 13.6 Å². The fourth-order valence-electron chi connectivity index (χ4n) is 2.62. The van der Waals surface area contributed by atoms with Crippen LogP contribution in [-0.4, -0.2) is 64.2 Å². The highest BCUT2D eigenvalue weighted by atomic mass is 19.3. The maximum absolute atomic E-state index is 13.2. The summed E-state index contributed by atoms with van der Waals surface area (Å²) < 4.78 is 31.9. The van der Waals surface area contributed by atoms with Gasteiger partial charge in [-0.3, -0.25) is 15.2 Å². The molecule has 1 amide bonds. The van der Waals surface area contributed by atoms with Crippen molar-refractivity contribution < 1.29 is 18.3 Å². The first-order valence-corrected chi connectivity index (χ1v) is 6.85. The Balaban J connectivity index is 1.64. The molecule has 3 rings (SSSR count). The number of carbonyl (C=O) groups is 1. The maximum atomic E-state index is 13.2. The zero-order valence-electron chi connectivity index (χ0n) is 11.6. The number of alkyl halides is 2. The Labute approximate surface area is 120 Å². The summed E-state index contributed by atoms with van der Waals surface area (Å²) in [6.07, 6.45) is -0.872. The molecule has 7 nitrogen and oxygen atoms in total. The van der Waals surface area contributed by atoms with Crippen LogP contribution in [-0.2, 0) is 9.53 Å². The number of aryl methyl sites for hydroxylation is 1. The summed E-state index contributed by atoms with van der Waals surface area (Å²) >= 11 is 0. The van der Waals surface area contributed by atoms with Crippen LogP contribution in [0.4, 0.5) is 8.78 Å². The van der Waals surface area contributed by atoms with Crippen molar-refractivity contribution in [3.05, 3.63) is 11.6 Å². The van der Waals surface area contributed by atoms with Crippen molar-refractivity contribution in [3.63, 3.8) is 0 Å². The Bertz CT molecular complexity index is 535. The molecular formula is C12H17F2N5O2. The van der Waals surface area contributed by atoms with Gasteiger partial charge in [-0.15, -0.1) is 0 Å². The van der Waals surface area contributed by atoms with Crippen molar-refractivity contribution in [2.24, 2.45) is 0 Å². The fourth-order valence-corrected chi connectivity index (χ4v) is 2.62. The smallest absolute Gasteiger partial charge is 0.262 e. The monoisotopic (exact) mass is 301 g/mol. The van der Waals surface area contributed by atoms with E-state index in [-0.39, 0.29) is 12.5 Å². The van der Waals surface area contributed by atoms with Gasteiger partial charge in [0.1, 0.15) is 11.9 Å². The number of hydrogen-bond donors (Lipinski definition) is 2. The minimum Gasteiger partial charge on any atom is -0.366 e. The summed E-state index contributed by atoms with van der Waals surface area (Å²) in [6, 6.07) is -0.826. The van der Waals surface area contributed by atoms with Gasteiger partial charge >= 0.3 is 0 Å². The quantitative estimate of drug-likeness (QED) is 0.804. The molecule has 0 saturated carbocycles. The first kappa shape index (κ1) is 14.3. The SMILES string of the molecule is Cc1nc(C2CN(C(=O)C3CC(F)(F)CN3)CCO2)n[nH]1. The number of halogens is 2. The fraction of sp³-hybridized carbons (Fsp3) is 0.750. The number of aromatic nitrogens is 3. The van der Waals surface area contributed by atoms with E-state index < -0.39 is 31.0 Å². The van der Waals surface area contributed by atoms with Crippen molar-refractivity contribution in [2.75, 3.05) is 26.2 Å². The van der Waals surface area contributed by atoms with Gasteiger partial charge in [-0.25, -0.2) is 13.8 Å². The normalized spacial score (nSPS) is 28.8. The zero-order chi connectivity index (χ0) is 15.0. The lowest BCUT2D eigenvalue weighted by Gasteiger charge is -2.33. The molecule has 0 spiro atoms. The molecular weight excluding hydrogens is 284 g/mol. The van der Waals surface area contributed by atoms with Crippen LogP contribution in [0.15, 0.2) is 0 Å². The van der Waals surface area contributed by atoms with Crippen LogP contribution in [0.2, 0.25) is 0 Å². The van der Waals surface area contributed by atoms with E-state index in [1.54, 1.807) is 11.8 Å². The number of carbonyl (C=O) groups excluding carboxylic acids is 1. The highest BCUT2D eigenvalue weighted by molar-refractivity contribution is 5.82. The largest absolute Gasteiger partial charge is 0.366 e. The molecule has 0 aliphatic carbocycles. The minimum absolute atomic E-state index is 0.278. The van der Waals surface area contributed by atoms with Gasteiger partial charge in [0, 0.05) is 13.0 Å². The van der Waals surface area contributed by atoms with Gasteiger partial charge in [-0.05, 0) is 6.92 Å². The number of hydrogen-bond acceptors (Lipinski definition) is 5. The van der Waals surface area contributed by atoms with Gasteiger partial charge in [-0.1, -0.05) is 0 Å². The summed E-state index contributed by atoms with van der Waals surface area (Å²) in [4.78, 5) is 18.0. The third-order valence-corrected chi connectivity index (χ3v) is 3.69. The van der Waals surface area contributed by atoms with E-state index in [4.69, 9.17) is 4.74 Å². The second kappa shape index (κ2) is 5.30. The molecule has 1 aromatic rings. The van der Waals surface area contributed by atoms with E-state index in [1.807, 2.05) is 0 Å². The second-order valence-electron chi connectivity index (χ2n) is 5.42. The number of aromatic amines is 1. The lowest BCUT2D eigenvalue weighted by Crippen LogP contribution is -2.49. The molecule has 0 aromatic carbocycles. The van der Waals surface area contributed by atoms with Crippen LogP contribution in [0.1, 0.15) is 24.2 Å². The predicted octanol–water partition coefficient (Wildman–Crippen LogP) is 0.0102. The molecule has 0 radical (unpaired) electrons. The molecule has 2 aliphatic heterocycles. The Kier molecular flexibility index (Phi) is 3.62. The van der Waals surface area contributed by atoms with Gasteiger partial charge in [0.25, 0.3) is 5.92 Å². The Hall–Kier alpha value is -1.61. The molecule has 9 heteroatoms. The molecule has 21 heavy (non-hydrogen) atoms. The van der Waals surface area contributed by atoms with Crippen molar-refractivity contribution in [3.8, 4) is 0 Å². The average molecular weight is 301 g/mol. The summed E-state index contributed by atoms with van der Waals surface area (Å²) in [6.45, 7) is 2.33. The zero-order valence-corrected chi connectivity index (χ0v) is 11.6. The molecule has 3 heterocycles. The van der Waals surface area contributed by atoms with E-state index in [1.165, 1.54) is 0 Å². The van der Waals surface area contributed by atoms with Gasteiger partial charge < -0.3 is 9.64 Å². The predicted molar refractivity (Wildman–Crippen MR) is 67.7 cm³/mol. The van der Waals surface area contributed by atoms with Crippen molar-refractivity contribution in [1.82, 2.24) is 25.4 Å². The Morgan fingerprint density at radius 3 is 2.95 bits per heavy atom. The lowest BCUT2D eigenvalue weighted by molar-refractivity contribution is -0.141. The second-order valence-corrected chi connectivity index (χ2v) is 5.42.